The van der Waals surface area contributed by atoms with Gasteiger partial charge in [-0.05, 0) is 56.5 Å². The Morgan fingerprint density at radius 2 is 1.85 bits per heavy atom. The van der Waals surface area contributed by atoms with Crippen LogP contribution < -0.4 is 4.74 Å². The number of fused-ring (bicyclic) bond motifs is 2. The standard InChI is InChI=1S/C23H24N2O2/c1-25-20-9-10-21(25)12-19(11-20)23(26)17-7-8-18(14-24)22(13-17)27-15-16-5-3-2-4-6-16/h2-8,13,19-21H,9-12,15H2,1H3. The van der Waals surface area contributed by atoms with Crippen molar-refractivity contribution in [1.82, 2.24) is 4.90 Å². The number of piperidine rings is 1. The van der Waals surface area contributed by atoms with E-state index in [9.17, 15) is 10.1 Å². The molecule has 0 spiro atoms. The summed E-state index contributed by atoms with van der Waals surface area (Å²) in [7, 11) is 2.18. The molecule has 2 aliphatic rings. The lowest BCUT2D eigenvalue weighted by Crippen LogP contribution is -2.42. The number of Topliss-reactive ketones (excluding diaryl/α,β-unsaturated/α-hetero) is 1. The summed E-state index contributed by atoms with van der Waals surface area (Å²) in [6.07, 6.45) is 4.27. The van der Waals surface area contributed by atoms with Gasteiger partial charge in [-0.25, -0.2) is 0 Å². The highest BCUT2D eigenvalue weighted by Crippen LogP contribution is 2.39. The SMILES string of the molecule is CN1C2CCC1CC(C(=O)c1ccc(C#N)c(OCc3ccccc3)c1)C2. The Morgan fingerprint density at radius 1 is 1.15 bits per heavy atom. The maximum atomic E-state index is 13.1. The topological polar surface area (TPSA) is 53.3 Å². The van der Waals surface area contributed by atoms with Crippen molar-refractivity contribution in [3.63, 3.8) is 0 Å². The first-order valence-corrected chi connectivity index (χ1v) is 9.62. The van der Waals surface area contributed by atoms with Crippen molar-refractivity contribution >= 4 is 5.78 Å². The lowest BCUT2D eigenvalue weighted by atomic mass is 9.85. The summed E-state index contributed by atoms with van der Waals surface area (Å²) in [5.74, 6) is 0.755. The minimum atomic E-state index is 0.0774. The number of rotatable bonds is 5. The van der Waals surface area contributed by atoms with Gasteiger partial charge in [-0.15, -0.1) is 0 Å². The zero-order valence-corrected chi connectivity index (χ0v) is 15.6. The van der Waals surface area contributed by atoms with Crippen LogP contribution in [0.2, 0.25) is 0 Å². The summed E-state index contributed by atoms with van der Waals surface area (Å²) in [6, 6.07) is 18.3. The van der Waals surface area contributed by atoms with Crippen molar-refractivity contribution in [3.05, 3.63) is 65.2 Å². The normalized spacial score (nSPS) is 24.4. The largest absolute Gasteiger partial charge is 0.487 e. The Hall–Kier alpha value is -2.64. The molecule has 2 atom stereocenters. The minimum absolute atomic E-state index is 0.0774. The molecule has 0 saturated carbocycles. The summed E-state index contributed by atoms with van der Waals surface area (Å²) >= 11 is 0. The van der Waals surface area contributed by atoms with Gasteiger partial charge in [-0.3, -0.25) is 4.79 Å². The van der Waals surface area contributed by atoms with E-state index in [0.29, 0.717) is 35.6 Å². The first-order valence-electron chi connectivity index (χ1n) is 9.62. The van der Waals surface area contributed by atoms with Gasteiger partial charge in [0, 0.05) is 23.6 Å². The fraction of sp³-hybridized carbons (Fsp3) is 0.391. The highest BCUT2D eigenvalue weighted by Gasteiger charge is 2.41. The van der Waals surface area contributed by atoms with Gasteiger partial charge in [0.05, 0.1) is 5.56 Å². The van der Waals surface area contributed by atoms with Crippen molar-refractivity contribution < 1.29 is 9.53 Å². The number of carbonyl (C=O) groups is 1. The maximum absolute atomic E-state index is 13.1. The molecule has 0 amide bonds. The van der Waals surface area contributed by atoms with E-state index in [-0.39, 0.29) is 11.7 Å². The third-order valence-electron chi connectivity index (χ3n) is 6.09. The van der Waals surface area contributed by atoms with Crippen LogP contribution in [0, 0.1) is 17.2 Å². The van der Waals surface area contributed by atoms with Crippen LogP contribution in [0.5, 0.6) is 5.75 Å². The van der Waals surface area contributed by atoms with Crippen molar-refractivity contribution in [2.24, 2.45) is 5.92 Å². The summed E-state index contributed by atoms with van der Waals surface area (Å²) in [5.41, 5.74) is 2.15. The Labute approximate surface area is 160 Å². The van der Waals surface area contributed by atoms with E-state index in [4.69, 9.17) is 4.74 Å². The van der Waals surface area contributed by atoms with Gasteiger partial charge in [0.15, 0.2) is 5.78 Å². The minimum Gasteiger partial charge on any atom is -0.487 e. The van der Waals surface area contributed by atoms with Crippen LogP contribution in [0.15, 0.2) is 48.5 Å². The molecule has 27 heavy (non-hydrogen) atoms. The lowest BCUT2D eigenvalue weighted by molar-refractivity contribution is 0.0766. The molecule has 0 radical (unpaired) electrons. The molecule has 2 aromatic rings. The molecule has 138 valence electrons. The monoisotopic (exact) mass is 360 g/mol. The number of hydrogen-bond donors (Lipinski definition) is 0. The summed E-state index contributed by atoms with van der Waals surface area (Å²) in [4.78, 5) is 15.5. The molecule has 2 aliphatic heterocycles. The number of ether oxygens (including phenoxy) is 1. The number of nitrogens with zero attached hydrogens (tertiary/aromatic N) is 2. The highest BCUT2D eigenvalue weighted by molar-refractivity contribution is 5.98. The van der Waals surface area contributed by atoms with Crippen LogP contribution in [0.4, 0.5) is 0 Å². The van der Waals surface area contributed by atoms with Crippen LogP contribution >= 0.6 is 0 Å². The summed E-state index contributed by atoms with van der Waals surface area (Å²) < 4.78 is 5.88. The fourth-order valence-electron chi connectivity index (χ4n) is 4.48. The van der Waals surface area contributed by atoms with E-state index in [1.54, 1.807) is 18.2 Å². The zero-order valence-electron chi connectivity index (χ0n) is 15.6. The molecule has 2 unspecified atom stereocenters. The molecule has 2 aromatic carbocycles. The van der Waals surface area contributed by atoms with Crippen molar-refractivity contribution in [2.45, 2.75) is 44.4 Å². The predicted molar refractivity (Wildman–Crippen MR) is 104 cm³/mol. The third-order valence-corrected chi connectivity index (χ3v) is 6.09. The Balaban J connectivity index is 1.51. The van der Waals surface area contributed by atoms with Crippen molar-refractivity contribution in [3.8, 4) is 11.8 Å². The average Bonchev–Trinajstić information content (AvgIpc) is 2.92. The molecule has 4 heteroatoms. The lowest BCUT2D eigenvalue weighted by Gasteiger charge is -2.35. The third kappa shape index (κ3) is 3.61. The zero-order chi connectivity index (χ0) is 18.8. The molecule has 2 saturated heterocycles. The van der Waals surface area contributed by atoms with E-state index in [1.165, 1.54) is 12.8 Å². The molecule has 2 heterocycles. The first-order chi connectivity index (χ1) is 13.2. The van der Waals surface area contributed by atoms with Crippen LogP contribution in [0.1, 0.15) is 47.2 Å². The molecule has 4 nitrogen and oxygen atoms in total. The summed E-state index contributed by atoms with van der Waals surface area (Å²) in [6.45, 7) is 0.380. The number of hydrogen-bond acceptors (Lipinski definition) is 4. The fourth-order valence-corrected chi connectivity index (χ4v) is 4.48. The molecule has 2 fully saturated rings. The van der Waals surface area contributed by atoms with Crippen molar-refractivity contribution in [1.29, 1.82) is 5.26 Å². The molecule has 2 bridgehead atoms. The number of nitriles is 1. The van der Waals surface area contributed by atoms with E-state index in [0.717, 1.165) is 18.4 Å². The molecule has 0 N–H and O–H groups in total. The van der Waals surface area contributed by atoms with E-state index >= 15 is 0 Å². The first kappa shape index (κ1) is 17.8. The van der Waals surface area contributed by atoms with Crippen LogP contribution in [-0.4, -0.2) is 29.8 Å². The van der Waals surface area contributed by atoms with E-state index < -0.39 is 0 Å². The number of benzene rings is 2. The van der Waals surface area contributed by atoms with Gasteiger partial charge in [0.2, 0.25) is 0 Å². The second kappa shape index (κ2) is 7.54. The Kier molecular flexibility index (Phi) is 4.96. The van der Waals surface area contributed by atoms with E-state index in [1.807, 2.05) is 30.3 Å². The Bertz CT molecular complexity index is 858. The van der Waals surface area contributed by atoms with Gasteiger partial charge in [-0.2, -0.15) is 5.26 Å². The Morgan fingerprint density at radius 3 is 2.52 bits per heavy atom. The second-order valence-electron chi connectivity index (χ2n) is 7.68. The second-order valence-corrected chi connectivity index (χ2v) is 7.68. The molecular formula is C23H24N2O2. The van der Waals surface area contributed by atoms with Crippen LogP contribution in [-0.2, 0) is 6.61 Å². The summed E-state index contributed by atoms with van der Waals surface area (Å²) in [5, 5.41) is 9.38. The van der Waals surface area contributed by atoms with Crippen molar-refractivity contribution in [2.75, 3.05) is 7.05 Å². The highest BCUT2D eigenvalue weighted by atomic mass is 16.5. The van der Waals surface area contributed by atoms with Gasteiger partial charge in [-0.1, -0.05) is 30.3 Å². The van der Waals surface area contributed by atoms with Crippen LogP contribution in [0.3, 0.4) is 0 Å². The maximum Gasteiger partial charge on any atom is 0.166 e. The predicted octanol–water partition coefficient (Wildman–Crippen LogP) is 4.19. The number of ketones is 1. The van der Waals surface area contributed by atoms with Gasteiger partial charge < -0.3 is 9.64 Å². The van der Waals surface area contributed by atoms with Gasteiger partial charge in [0.25, 0.3) is 0 Å². The molecule has 0 aromatic heterocycles. The molecular weight excluding hydrogens is 336 g/mol. The van der Waals surface area contributed by atoms with E-state index in [2.05, 4.69) is 18.0 Å². The van der Waals surface area contributed by atoms with Gasteiger partial charge >= 0.3 is 0 Å². The average molecular weight is 360 g/mol. The number of carbonyl (C=O) groups excluding carboxylic acids is 1. The quantitative estimate of drug-likeness (QED) is 0.750. The smallest absolute Gasteiger partial charge is 0.166 e. The molecule has 0 aliphatic carbocycles. The van der Waals surface area contributed by atoms with Crippen LogP contribution in [0.25, 0.3) is 0 Å². The molecule has 4 rings (SSSR count). The van der Waals surface area contributed by atoms with Gasteiger partial charge in [0.1, 0.15) is 18.4 Å².